The number of fused-ring (bicyclic) bond motifs is 1. The first-order valence-electron chi connectivity index (χ1n) is 9.08. The van der Waals surface area contributed by atoms with Crippen molar-refractivity contribution in [1.29, 1.82) is 0 Å². The van der Waals surface area contributed by atoms with Crippen molar-refractivity contribution in [1.82, 2.24) is 19.6 Å². The van der Waals surface area contributed by atoms with Gasteiger partial charge < -0.3 is 10.1 Å². The SMILES string of the molecule is Cc1nc2ccc(-c3ccccc3OC(F)(F)F)nn2c1C.O=CNc1ccccn1. The van der Waals surface area contributed by atoms with E-state index in [2.05, 4.69) is 25.1 Å². The van der Waals surface area contributed by atoms with Crippen molar-refractivity contribution in [3.8, 4) is 17.0 Å². The van der Waals surface area contributed by atoms with Crippen LogP contribution in [0.15, 0.2) is 60.8 Å². The lowest BCUT2D eigenvalue weighted by atomic mass is 10.1. The van der Waals surface area contributed by atoms with Gasteiger partial charge in [0.05, 0.1) is 17.1 Å². The second-order valence-electron chi connectivity index (χ2n) is 6.29. The first kappa shape index (κ1) is 21.8. The van der Waals surface area contributed by atoms with E-state index in [1.807, 2.05) is 13.8 Å². The molecule has 1 aromatic carbocycles. The van der Waals surface area contributed by atoms with Gasteiger partial charge >= 0.3 is 6.36 Å². The molecule has 7 nitrogen and oxygen atoms in total. The van der Waals surface area contributed by atoms with E-state index in [0.29, 0.717) is 23.6 Å². The summed E-state index contributed by atoms with van der Waals surface area (Å²) in [4.78, 5) is 18.0. The Balaban J connectivity index is 0.000000254. The molecule has 0 aliphatic heterocycles. The van der Waals surface area contributed by atoms with Crippen molar-refractivity contribution in [2.45, 2.75) is 20.2 Å². The summed E-state index contributed by atoms with van der Waals surface area (Å²) < 4.78 is 43.2. The van der Waals surface area contributed by atoms with Crippen LogP contribution in [-0.4, -0.2) is 32.4 Å². The van der Waals surface area contributed by atoms with Gasteiger partial charge in [0, 0.05) is 11.8 Å². The molecule has 1 amide bonds. The van der Waals surface area contributed by atoms with E-state index in [-0.39, 0.29) is 11.3 Å². The quantitative estimate of drug-likeness (QED) is 0.481. The Labute approximate surface area is 175 Å². The lowest BCUT2D eigenvalue weighted by Gasteiger charge is -2.12. The summed E-state index contributed by atoms with van der Waals surface area (Å²) in [6.07, 6.45) is -2.53. The maximum atomic E-state index is 12.5. The van der Waals surface area contributed by atoms with E-state index in [1.165, 1.54) is 18.2 Å². The number of anilines is 1. The van der Waals surface area contributed by atoms with Crippen LogP contribution in [0.2, 0.25) is 0 Å². The number of imidazole rings is 1. The van der Waals surface area contributed by atoms with Gasteiger partial charge in [-0.2, -0.15) is 5.10 Å². The van der Waals surface area contributed by atoms with Crippen molar-refractivity contribution in [3.05, 3.63) is 72.2 Å². The summed E-state index contributed by atoms with van der Waals surface area (Å²) in [5.74, 6) is 0.295. The predicted octanol–water partition coefficient (Wildman–Crippen LogP) is 4.56. The molecular weight excluding hydrogens is 411 g/mol. The maximum Gasteiger partial charge on any atom is 0.573 e. The van der Waals surface area contributed by atoms with Gasteiger partial charge in [0.25, 0.3) is 0 Å². The monoisotopic (exact) mass is 429 g/mol. The number of para-hydroxylation sites is 1. The topological polar surface area (TPSA) is 81.4 Å². The summed E-state index contributed by atoms with van der Waals surface area (Å²) in [5, 5.41) is 6.78. The van der Waals surface area contributed by atoms with Crippen molar-refractivity contribution in [2.75, 3.05) is 5.32 Å². The van der Waals surface area contributed by atoms with Crippen LogP contribution >= 0.6 is 0 Å². The molecule has 0 aliphatic rings. The van der Waals surface area contributed by atoms with E-state index >= 15 is 0 Å². The summed E-state index contributed by atoms with van der Waals surface area (Å²) in [6.45, 7) is 3.70. The predicted molar refractivity (Wildman–Crippen MR) is 109 cm³/mol. The van der Waals surface area contributed by atoms with Crippen molar-refractivity contribution < 1.29 is 22.7 Å². The maximum absolute atomic E-state index is 12.5. The highest BCUT2D eigenvalue weighted by molar-refractivity contribution is 5.68. The van der Waals surface area contributed by atoms with E-state index in [9.17, 15) is 18.0 Å². The number of nitrogens with zero attached hydrogens (tertiary/aromatic N) is 4. The highest BCUT2D eigenvalue weighted by Gasteiger charge is 2.32. The van der Waals surface area contributed by atoms with Crippen molar-refractivity contribution in [2.24, 2.45) is 0 Å². The average Bonchev–Trinajstić information content (AvgIpc) is 3.02. The van der Waals surface area contributed by atoms with E-state index in [1.54, 1.807) is 47.1 Å². The normalized spacial score (nSPS) is 10.9. The Morgan fingerprint density at radius 3 is 2.45 bits per heavy atom. The van der Waals surface area contributed by atoms with Crippen LogP contribution in [0.4, 0.5) is 19.0 Å². The lowest BCUT2D eigenvalue weighted by Crippen LogP contribution is -2.17. The molecule has 0 radical (unpaired) electrons. The van der Waals surface area contributed by atoms with E-state index in [0.717, 1.165) is 11.4 Å². The van der Waals surface area contributed by atoms with Crippen molar-refractivity contribution >= 4 is 17.9 Å². The van der Waals surface area contributed by atoms with Crippen LogP contribution in [0.5, 0.6) is 5.75 Å². The third-order valence-electron chi connectivity index (χ3n) is 4.20. The third-order valence-corrected chi connectivity index (χ3v) is 4.20. The Morgan fingerprint density at radius 1 is 1.03 bits per heavy atom. The van der Waals surface area contributed by atoms with Crippen LogP contribution in [0.3, 0.4) is 0 Å². The lowest BCUT2D eigenvalue weighted by molar-refractivity contribution is -0.274. The highest BCUT2D eigenvalue weighted by Crippen LogP contribution is 2.32. The number of carbonyl (C=O) groups excluding carboxylic acids is 1. The van der Waals surface area contributed by atoms with Crippen LogP contribution in [0, 0.1) is 13.8 Å². The van der Waals surface area contributed by atoms with E-state index < -0.39 is 6.36 Å². The average molecular weight is 429 g/mol. The van der Waals surface area contributed by atoms with Crippen LogP contribution < -0.4 is 10.1 Å². The number of aromatic nitrogens is 4. The molecule has 0 saturated heterocycles. The number of nitrogens with one attached hydrogen (secondary N) is 1. The zero-order valence-corrected chi connectivity index (χ0v) is 16.6. The standard InChI is InChI=1S/C15H12F3N3O.C6H6N2O/c1-9-10(2)21-14(19-9)8-7-12(20-21)11-5-3-4-6-13(11)22-15(16,17)18;9-5-8-6-3-1-2-4-7-6/h3-8H,1-2H3;1-5H,(H,7,8,9). The number of benzene rings is 1. The molecule has 0 unspecified atom stereocenters. The first-order chi connectivity index (χ1) is 14.8. The zero-order chi connectivity index (χ0) is 22.4. The number of rotatable bonds is 4. The van der Waals surface area contributed by atoms with E-state index in [4.69, 9.17) is 0 Å². The molecule has 0 atom stereocenters. The molecule has 4 rings (SSSR count). The summed E-state index contributed by atoms with van der Waals surface area (Å²) in [6, 6.07) is 14.6. The Kier molecular flexibility index (Phi) is 6.49. The first-order valence-corrected chi connectivity index (χ1v) is 9.08. The number of pyridine rings is 1. The molecular formula is C21H18F3N5O2. The Hall–Kier alpha value is -3.95. The molecule has 3 aromatic heterocycles. The van der Waals surface area contributed by atoms with Gasteiger partial charge in [0.1, 0.15) is 11.6 Å². The number of ether oxygens (including phenoxy) is 1. The number of hydrogen-bond acceptors (Lipinski definition) is 5. The largest absolute Gasteiger partial charge is 0.573 e. The molecule has 0 aliphatic carbocycles. The number of hydrogen-bond donors (Lipinski definition) is 1. The second kappa shape index (κ2) is 9.24. The third kappa shape index (κ3) is 5.56. The van der Waals surface area contributed by atoms with Gasteiger partial charge in [-0.15, -0.1) is 13.2 Å². The van der Waals surface area contributed by atoms with Gasteiger partial charge in [-0.25, -0.2) is 14.5 Å². The number of alkyl halides is 3. The fourth-order valence-corrected chi connectivity index (χ4v) is 2.70. The minimum atomic E-state index is -4.75. The molecule has 0 saturated carbocycles. The smallest absolute Gasteiger partial charge is 0.405 e. The molecule has 3 heterocycles. The number of carbonyl (C=O) groups is 1. The molecule has 0 spiro atoms. The molecule has 4 aromatic rings. The van der Waals surface area contributed by atoms with Gasteiger partial charge in [-0.1, -0.05) is 18.2 Å². The van der Waals surface area contributed by atoms with Crippen molar-refractivity contribution in [3.63, 3.8) is 0 Å². The Bertz CT molecular complexity index is 1180. The number of amides is 1. The van der Waals surface area contributed by atoms with Crippen LogP contribution in [-0.2, 0) is 4.79 Å². The fourth-order valence-electron chi connectivity index (χ4n) is 2.70. The fraction of sp³-hybridized carbons (Fsp3) is 0.143. The Morgan fingerprint density at radius 2 is 1.77 bits per heavy atom. The van der Waals surface area contributed by atoms with Gasteiger partial charge in [0.15, 0.2) is 5.65 Å². The van der Waals surface area contributed by atoms with Crippen LogP contribution in [0.1, 0.15) is 11.4 Å². The molecule has 10 heteroatoms. The molecule has 160 valence electrons. The van der Waals surface area contributed by atoms with Gasteiger partial charge in [0.2, 0.25) is 6.41 Å². The summed E-state index contributed by atoms with van der Waals surface area (Å²) >= 11 is 0. The zero-order valence-electron chi connectivity index (χ0n) is 16.6. The minimum Gasteiger partial charge on any atom is -0.405 e. The molecule has 31 heavy (non-hydrogen) atoms. The van der Waals surface area contributed by atoms with Crippen LogP contribution in [0.25, 0.3) is 16.9 Å². The van der Waals surface area contributed by atoms with Gasteiger partial charge in [-0.05, 0) is 50.2 Å². The summed E-state index contributed by atoms with van der Waals surface area (Å²) in [5.41, 5.74) is 2.96. The minimum absolute atomic E-state index is 0.271. The van der Waals surface area contributed by atoms with Gasteiger partial charge in [-0.3, -0.25) is 4.79 Å². The second-order valence-corrected chi connectivity index (χ2v) is 6.29. The molecule has 0 fully saturated rings. The molecule has 0 bridgehead atoms. The number of halogens is 3. The summed E-state index contributed by atoms with van der Waals surface area (Å²) in [7, 11) is 0. The number of aryl methyl sites for hydroxylation is 2. The highest BCUT2D eigenvalue weighted by atomic mass is 19.4. The molecule has 1 N–H and O–H groups in total.